The lowest BCUT2D eigenvalue weighted by molar-refractivity contribution is -0.170. The first-order chi connectivity index (χ1) is 7.50. The molecule has 0 amide bonds. The number of carbonyl (C=O) groups is 2. The fraction of sp³-hybridized carbons (Fsp3) is 0.500. The highest BCUT2D eigenvalue weighted by Crippen LogP contribution is 2.44. The van der Waals surface area contributed by atoms with Crippen molar-refractivity contribution in [2.24, 2.45) is 11.3 Å². The van der Waals surface area contributed by atoms with Crippen LogP contribution in [0.2, 0.25) is 0 Å². The zero-order valence-electron chi connectivity index (χ0n) is 9.78. The van der Waals surface area contributed by atoms with E-state index in [1.807, 2.05) is 0 Å². The average Bonchev–Trinajstić information content (AvgIpc) is 2.72. The number of rotatable bonds is 3. The maximum atomic E-state index is 11.8. The molecule has 1 rings (SSSR count). The molecule has 1 atom stereocenters. The van der Waals surface area contributed by atoms with E-state index < -0.39 is 17.4 Å². The molecule has 0 saturated carbocycles. The minimum atomic E-state index is -1.28. The number of hydrogen-bond acceptors (Lipinski definition) is 4. The van der Waals surface area contributed by atoms with E-state index in [0.717, 1.165) is 5.57 Å². The predicted octanol–water partition coefficient (Wildman–Crippen LogP) is 1.47. The number of hydrogen-bond donors (Lipinski definition) is 0. The van der Waals surface area contributed by atoms with Gasteiger partial charge in [-0.15, -0.1) is 0 Å². The van der Waals surface area contributed by atoms with Gasteiger partial charge in [0.25, 0.3) is 0 Å². The number of esters is 2. The van der Waals surface area contributed by atoms with E-state index in [-0.39, 0.29) is 5.92 Å². The molecular weight excluding hydrogens is 208 g/mol. The van der Waals surface area contributed by atoms with E-state index in [0.29, 0.717) is 6.42 Å². The molecule has 0 aliphatic heterocycles. The highest BCUT2D eigenvalue weighted by atomic mass is 16.5. The molecule has 0 aromatic carbocycles. The first-order valence-electron chi connectivity index (χ1n) is 4.99. The van der Waals surface area contributed by atoms with E-state index in [1.54, 1.807) is 19.1 Å². The van der Waals surface area contributed by atoms with Gasteiger partial charge in [-0.1, -0.05) is 24.3 Å². The van der Waals surface area contributed by atoms with Crippen molar-refractivity contribution in [3.05, 3.63) is 24.3 Å². The Morgan fingerprint density at radius 2 is 1.81 bits per heavy atom. The summed E-state index contributed by atoms with van der Waals surface area (Å²) < 4.78 is 9.44. The van der Waals surface area contributed by atoms with Crippen LogP contribution in [0.3, 0.4) is 0 Å². The van der Waals surface area contributed by atoms with Crippen LogP contribution in [-0.2, 0) is 19.1 Å². The lowest BCUT2D eigenvalue weighted by Gasteiger charge is -2.30. The minimum Gasteiger partial charge on any atom is -0.468 e. The van der Waals surface area contributed by atoms with Gasteiger partial charge in [-0.05, 0) is 13.3 Å². The summed E-state index contributed by atoms with van der Waals surface area (Å²) in [7, 11) is 2.53. The molecule has 0 N–H and O–H groups in total. The summed E-state index contributed by atoms with van der Waals surface area (Å²) in [5, 5.41) is 0. The Kier molecular flexibility index (Phi) is 3.52. The predicted molar refractivity (Wildman–Crippen MR) is 58.5 cm³/mol. The molecule has 0 spiro atoms. The molecule has 0 aromatic rings. The van der Waals surface area contributed by atoms with Crippen molar-refractivity contribution in [3.8, 4) is 0 Å². The standard InChI is InChI=1S/C12H16O4/c1-8(2)9-6-5-7-12(9,10(13)15-3)11(14)16-4/h5-6,9H,1,7H2,2-4H3. The van der Waals surface area contributed by atoms with E-state index in [4.69, 9.17) is 9.47 Å². The first kappa shape index (κ1) is 12.5. The summed E-state index contributed by atoms with van der Waals surface area (Å²) in [6, 6.07) is 0. The van der Waals surface area contributed by atoms with E-state index >= 15 is 0 Å². The van der Waals surface area contributed by atoms with Crippen molar-refractivity contribution in [1.29, 1.82) is 0 Å². The Balaban J connectivity index is 3.20. The Bertz CT molecular complexity index is 338. The Hall–Kier alpha value is -1.58. The molecular formula is C12H16O4. The van der Waals surface area contributed by atoms with Crippen molar-refractivity contribution in [2.45, 2.75) is 13.3 Å². The van der Waals surface area contributed by atoms with Gasteiger partial charge >= 0.3 is 11.9 Å². The van der Waals surface area contributed by atoms with Crippen molar-refractivity contribution < 1.29 is 19.1 Å². The lowest BCUT2D eigenvalue weighted by atomic mass is 9.74. The Morgan fingerprint density at radius 1 is 1.31 bits per heavy atom. The van der Waals surface area contributed by atoms with Crippen LogP contribution in [0.1, 0.15) is 13.3 Å². The maximum absolute atomic E-state index is 11.8. The number of allylic oxidation sites excluding steroid dienone is 3. The molecule has 4 nitrogen and oxygen atoms in total. The van der Waals surface area contributed by atoms with Gasteiger partial charge in [0.1, 0.15) is 0 Å². The second kappa shape index (κ2) is 4.51. The van der Waals surface area contributed by atoms with Gasteiger partial charge in [0.15, 0.2) is 5.41 Å². The number of methoxy groups -OCH3 is 2. The average molecular weight is 224 g/mol. The van der Waals surface area contributed by atoms with Crippen LogP contribution in [0.25, 0.3) is 0 Å². The first-order valence-corrected chi connectivity index (χ1v) is 4.99. The number of ether oxygens (including phenoxy) is 2. The van der Waals surface area contributed by atoms with Crippen LogP contribution in [-0.4, -0.2) is 26.2 Å². The SMILES string of the molecule is C=C(C)C1C=CCC1(C(=O)OC)C(=O)OC. The van der Waals surface area contributed by atoms with E-state index in [9.17, 15) is 9.59 Å². The number of carbonyl (C=O) groups excluding carboxylic acids is 2. The highest BCUT2D eigenvalue weighted by Gasteiger charge is 2.55. The fourth-order valence-corrected chi connectivity index (χ4v) is 2.13. The quantitative estimate of drug-likeness (QED) is 0.414. The minimum absolute atomic E-state index is 0.296. The topological polar surface area (TPSA) is 52.6 Å². The van der Waals surface area contributed by atoms with Crippen LogP contribution in [0, 0.1) is 11.3 Å². The van der Waals surface area contributed by atoms with Crippen molar-refractivity contribution >= 4 is 11.9 Å². The summed E-state index contributed by atoms with van der Waals surface area (Å²) in [5.74, 6) is -1.50. The monoisotopic (exact) mass is 224 g/mol. The van der Waals surface area contributed by atoms with Crippen LogP contribution in [0.5, 0.6) is 0 Å². The molecule has 1 unspecified atom stereocenters. The molecule has 16 heavy (non-hydrogen) atoms. The molecule has 4 heteroatoms. The van der Waals surface area contributed by atoms with Crippen LogP contribution in [0.15, 0.2) is 24.3 Å². The normalized spacial score (nSPS) is 21.6. The zero-order valence-corrected chi connectivity index (χ0v) is 9.78. The van der Waals surface area contributed by atoms with Crippen molar-refractivity contribution in [3.63, 3.8) is 0 Å². The molecule has 0 heterocycles. The van der Waals surface area contributed by atoms with Crippen LogP contribution < -0.4 is 0 Å². The second-order valence-corrected chi connectivity index (χ2v) is 3.91. The van der Waals surface area contributed by atoms with Gasteiger partial charge in [0, 0.05) is 5.92 Å². The van der Waals surface area contributed by atoms with Crippen LogP contribution in [0.4, 0.5) is 0 Å². The molecule has 0 fully saturated rings. The van der Waals surface area contributed by atoms with Crippen molar-refractivity contribution in [1.82, 2.24) is 0 Å². The zero-order chi connectivity index (χ0) is 12.3. The lowest BCUT2D eigenvalue weighted by Crippen LogP contribution is -2.44. The Morgan fingerprint density at radius 3 is 2.19 bits per heavy atom. The molecule has 0 bridgehead atoms. The molecule has 88 valence electrons. The maximum Gasteiger partial charge on any atom is 0.324 e. The van der Waals surface area contributed by atoms with Gasteiger partial charge in [-0.2, -0.15) is 0 Å². The second-order valence-electron chi connectivity index (χ2n) is 3.91. The fourth-order valence-electron chi connectivity index (χ4n) is 2.13. The largest absolute Gasteiger partial charge is 0.468 e. The summed E-state index contributed by atoms with van der Waals surface area (Å²) in [6.07, 6.45) is 3.88. The van der Waals surface area contributed by atoms with E-state index in [2.05, 4.69) is 6.58 Å². The third kappa shape index (κ3) is 1.64. The van der Waals surface area contributed by atoms with Gasteiger partial charge in [0.2, 0.25) is 0 Å². The van der Waals surface area contributed by atoms with E-state index in [1.165, 1.54) is 14.2 Å². The van der Waals surface area contributed by atoms with Gasteiger partial charge < -0.3 is 9.47 Å². The molecule has 0 radical (unpaired) electrons. The van der Waals surface area contributed by atoms with Gasteiger partial charge in [0.05, 0.1) is 14.2 Å². The summed E-state index contributed by atoms with van der Waals surface area (Å²) in [6.45, 7) is 5.58. The smallest absolute Gasteiger partial charge is 0.324 e. The third-order valence-electron chi connectivity index (χ3n) is 2.93. The molecule has 1 aliphatic carbocycles. The van der Waals surface area contributed by atoms with Crippen molar-refractivity contribution in [2.75, 3.05) is 14.2 Å². The Labute approximate surface area is 94.9 Å². The van der Waals surface area contributed by atoms with Gasteiger partial charge in [-0.25, -0.2) is 0 Å². The van der Waals surface area contributed by atoms with Gasteiger partial charge in [-0.3, -0.25) is 9.59 Å². The third-order valence-corrected chi connectivity index (χ3v) is 2.93. The summed E-state index contributed by atoms with van der Waals surface area (Å²) in [4.78, 5) is 23.7. The summed E-state index contributed by atoms with van der Waals surface area (Å²) in [5.41, 5.74) is -0.542. The molecule has 1 aliphatic rings. The molecule has 0 saturated heterocycles. The highest BCUT2D eigenvalue weighted by molar-refractivity contribution is 6.01. The summed E-state index contributed by atoms with van der Waals surface area (Å²) >= 11 is 0. The molecule has 0 aromatic heterocycles. The van der Waals surface area contributed by atoms with Crippen LogP contribution >= 0.6 is 0 Å².